The molecular weight excluding hydrogens is 265 g/mol. The largest absolute Gasteiger partial charge is 0.397 e. The molecule has 0 saturated heterocycles. The zero-order valence-electron chi connectivity index (χ0n) is 8.02. The molecule has 1 aromatic carbocycles. The van der Waals surface area contributed by atoms with E-state index in [0.29, 0.717) is 26.1 Å². The molecule has 0 saturated carbocycles. The fourth-order valence-corrected chi connectivity index (χ4v) is 2.03. The van der Waals surface area contributed by atoms with Gasteiger partial charge in [0.1, 0.15) is 4.64 Å². The van der Waals surface area contributed by atoms with Crippen molar-refractivity contribution in [1.82, 2.24) is 9.78 Å². The van der Waals surface area contributed by atoms with Crippen LogP contribution in [-0.4, -0.2) is 9.78 Å². The van der Waals surface area contributed by atoms with Gasteiger partial charge in [-0.15, -0.1) is 0 Å². The highest BCUT2D eigenvalue weighted by Gasteiger charge is 2.04. The maximum absolute atomic E-state index is 6.05. The Hall–Kier alpha value is -1.10. The van der Waals surface area contributed by atoms with E-state index in [4.69, 9.17) is 41.2 Å². The summed E-state index contributed by atoms with van der Waals surface area (Å²) in [5.74, 6) is 0. The summed E-state index contributed by atoms with van der Waals surface area (Å²) in [6, 6.07) is 6.76. The van der Waals surface area contributed by atoms with Crippen molar-refractivity contribution in [3.8, 4) is 5.69 Å². The van der Waals surface area contributed by atoms with E-state index in [-0.39, 0.29) is 0 Å². The van der Waals surface area contributed by atoms with Crippen LogP contribution >= 0.6 is 35.4 Å². The Morgan fingerprint density at radius 3 is 2.62 bits per heavy atom. The van der Waals surface area contributed by atoms with Gasteiger partial charge in [-0.05, 0) is 24.3 Å². The number of rotatable bonds is 1. The van der Waals surface area contributed by atoms with Gasteiger partial charge in [0, 0.05) is 5.02 Å². The Kier molecular flexibility index (Phi) is 3.14. The van der Waals surface area contributed by atoms with Gasteiger partial charge in [0.2, 0.25) is 0 Å². The van der Waals surface area contributed by atoms with Crippen LogP contribution in [0.4, 0.5) is 5.69 Å². The first-order valence-corrected chi connectivity index (χ1v) is 5.54. The number of halogens is 2. The van der Waals surface area contributed by atoms with Gasteiger partial charge in [-0.25, -0.2) is 4.68 Å². The lowest BCUT2D eigenvalue weighted by molar-refractivity contribution is 0.831. The van der Waals surface area contributed by atoms with E-state index in [9.17, 15) is 0 Å². The fraction of sp³-hybridized carbons (Fsp3) is 0. The number of nitrogens with two attached hydrogens (primary N) is 1. The smallest absolute Gasteiger partial charge is 0.130 e. The Morgan fingerprint density at radius 2 is 2.00 bits per heavy atom. The summed E-state index contributed by atoms with van der Waals surface area (Å²) >= 11 is 17.0. The molecule has 0 radical (unpaired) electrons. The van der Waals surface area contributed by atoms with Gasteiger partial charge in [0.15, 0.2) is 0 Å². The van der Waals surface area contributed by atoms with Crippen LogP contribution in [0.1, 0.15) is 0 Å². The summed E-state index contributed by atoms with van der Waals surface area (Å²) in [5.41, 5.74) is 6.77. The quantitative estimate of drug-likeness (QED) is 0.808. The zero-order chi connectivity index (χ0) is 11.7. The number of aromatic nitrogens is 2. The average Bonchev–Trinajstić information content (AvgIpc) is 2.19. The van der Waals surface area contributed by atoms with E-state index in [1.165, 1.54) is 10.9 Å². The first-order chi connectivity index (χ1) is 7.58. The molecule has 2 rings (SSSR count). The molecule has 16 heavy (non-hydrogen) atoms. The molecule has 0 aliphatic carbocycles. The van der Waals surface area contributed by atoms with Crippen LogP contribution in [0, 0.1) is 4.64 Å². The van der Waals surface area contributed by atoms with Gasteiger partial charge < -0.3 is 5.73 Å². The van der Waals surface area contributed by atoms with E-state index in [0.717, 1.165) is 0 Å². The van der Waals surface area contributed by atoms with Crippen LogP contribution in [0.5, 0.6) is 0 Å². The maximum atomic E-state index is 6.05. The molecule has 0 aliphatic rings. The van der Waals surface area contributed by atoms with Crippen molar-refractivity contribution in [2.45, 2.75) is 0 Å². The molecule has 0 amide bonds. The Labute approximate surface area is 107 Å². The number of nitrogens with zero attached hydrogens (tertiary/aromatic N) is 2. The van der Waals surface area contributed by atoms with Crippen molar-refractivity contribution in [1.29, 1.82) is 0 Å². The van der Waals surface area contributed by atoms with Gasteiger partial charge in [0.05, 0.1) is 22.6 Å². The van der Waals surface area contributed by atoms with E-state index in [1.54, 1.807) is 24.3 Å². The van der Waals surface area contributed by atoms with Crippen molar-refractivity contribution in [3.63, 3.8) is 0 Å². The van der Waals surface area contributed by atoms with Crippen molar-refractivity contribution >= 4 is 41.1 Å². The normalized spacial score (nSPS) is 10.4. The summed E-state index contributed by atoms with van der Waals surface area (Å²) in [6.07, 6.45) is 1.51. The molecule has 0 bridgehead atoms. The standard InChI is InChI=1S/C10H7Cl2N3S/c11-6-1-2-9(8(12)3-6)15-10(16)4-7(13)5-14-15/h1-5H,13H2. The molecule has 0 fully saturated rings. The molecule has 0 aliphatic heterocycles. The molecule has 0 atom stereocenters. The van der Waals surface area contributed by atoms with Gasteiger partial charge in [-0.3, -0.25) is 0 Å². The minimum atomic E-state index is 0.487. The van der Waals surface area contributed by atoms with Crippen LogP contribution in [0.15, 0.2) is 30.5 Å². The molecular formula is C10H7Cl2N3S. The minimum absolute atomic E-state index is 0.487. The van der Waals surface area contributed by atoms with Gasteiger partial charge in [-0.2, -0.15) is 5.10 Å². The summed E-state index contributed by atoms with van der Waals surface area (Å²) in [7, 11) is 0. The Morgan fingerprint density at radius 1 is 1.25 bits per heavy atom. The van der Waals surface area contributed by atoms with Crippen molar-refractivity contribution in [3.05, 3.63) is 45.1 Å². The zero-order valence-corrected chi connectivity index (χ0v) is 10.4. The first kappa shape index (κ1) is 11.4. The highest BCUT2D eigenvalue weighted by molar-refractivity contribution is 7.71. The second kappa shape index (κ2) is 4.41. The van der Waals surface area contributed by atoms with E-state index >= 15 is 0 Å². The minimum Gasteiger partial charge on any atom is -0.397 e. The highest BCUT2D eigenvalue weighted by atomic mass is 35.5. The van der Waals surface area contributed by atoms with Crippen LogP contribution < -0.4 is 5.73 Å². The summed E-state index contributed by atoms with van der Waals surface area (Å²) in [6.45, 7) is 0. The van der Waals surface area contributed by atoms with Crippen molar-refractivity contribution < 1.29 is 0 Å². The first-order valence-electron chi connectivity index (χ1n) is 4.38. The predicted molar refractivity (Wildman–Crippen MR) is 68.8 cm³/mol. The van der Waals surface area contributed by atoms with Gasteiger partial charge >= 0.3 is 0 Å². The van der Waals surface area contributed by atoms with Crippen LogP contribution in [0.2, 0.25) is 10.0 Å². The van der Waals surface area contributed by atoms with Crippen LogP contribution in [0.25, 0.3) is 5.69 Å². The summed E-state index contributed by atoms with van der Waals surface area (Å²) in [4.78, 5) is 0. The molecule has 0 unspecified atom stereocenters. The SMILES string of the molecule is Nc1cnn(-c2ccc(Cl)cc2Cl)c(=S)c1. The third kappa shape index (κ3) is 2.19. The monoisotopic (exact) mass is 271 g/mol. The molecule has 3 nitrogen and oxygen atoms in total. The Bertz CT molecular complexity index is 595. The average molecular weight is 272 g/mol. The third-order valence-electron chi connectivity index (χ3n) is 1.96. The maximum Gasteiger partial charge on any atom is 0.130 e. The molecule has 2 N–H and O–H groups in total. The highest BCUT2D eigenvalue weighted by Crippen LogP contribution is 2.24. The molecule has 2 aromatic rings. The molecule has 82 valence electrons. The summed E-state index contributed by atoms with van der Waals surface area (Å²) in [5, 5.41) is 5.15. The number of anilines is 1. The lowest BCUT2D eigenvalue weighted by atomic mass is 10.3. The molecule has 0 spiro atoms. The van der Waals surface area contributed by atoms with Gasteiger partial charge in [0.25, 0.3) is 0 Å². The molecule has 6 heteroatoms. The molecule has 1 aromatic heterocycles. The Balaban J connectivity index is 2.63. The number of benzene rings is 1. The van der Waals surface area contributed by atoms with E-state index in [1.807, 2.05) is 0 Å². The fourth-order valence-electron chi connectivity index (χ4n) is 1.26. The topological polar surface area (TPSA) is 43.8 Å². The van der Waals surface area contributed by atoms with Crippen molar-refractivity contribution in [2.75, 3.05) is 5.73 Å². The van der Waals surface area contributed by atoms with Crippen LogP contribution in [-0.2, 0) is 0 Å². The van der Waals surface area contributed by atoms with Gasteiger partial charge in [-0.1, -0.05) is 35.4 Å². The number of hydrogen-bond donors (Lipinski definition) is 1. The van der Waals surface area contributed by atoms with E-state index in [2.05, 4.69) is 5.10 Å². The molecule has 1 heterocycles. The second-order valence-corrected chi connectivity index (χ2v) is 4.40. The predicted octanol–water partition coefficient (Wildman–Crippen LogP) is 3.49. The number of hydrogen-bond acceptors (Lipinski definition) is 3. The van der Waals surface area contributed by atoms with E-state index < -0.39 is 0 Å². The lowest BCUT2D eigenvalue weighted by Gasteiger charge is -2.08. The third-order valence-corrected chi connectivity index (χ3v) is 2.79. The summed E-state index contributed by atoms with van der Waals surface area (Å²) < 4.78 is 2.02. The second-order valence-electron chi connectivity index (χ2n) is 3.13. The lowest BCUT2D eigenvalue weighted by Crippen LogP contribution is -2.03. The van der Waals surface area contributed by atoms with Crippen LogP contribution in [0.3, 0.4) is 0 Å². The number of nitrogen functional groups attached to an aromatic ring is 1. The van der Waals surface area contributed by atoms with Crippen molar-refractivity contribution in [2.24, 2.45) is 0 Å².